The number of hydrogen-bond donors (Lipinski definition) is 1. The summed E-state index contributed by atoms with van der Waals surface area (Å²) < 4.78 is 10.8. The van der Waals surface area contributed by atoms with Gasteiger partial charge in [0, 0.05) is 18.9 Å². The normalized spacial score (nSPS) is 19.2. The first kappa shape index (κ1) is 14.5. The number of anilines is 1. The molecule has 4 heteroatoms. The number of rotatable bonds is 6. The summed E-state index contributed by atoms with van der Waals surface area (Å²) in [5.74, 6) is 3.42. The fraction of sp³-hybridized carbons (Fsp3) is 0.600. The number of ether oxygens (including phenoxy) is 2. The molecule has 3 nitrogen and oxygen atoms in total. The van der Waals surface area contributed by atoms with Crippen molar-refractivity contribution in [1.82, 2.24) is 0 Å². The summed E-state index contributed by atoms with van der Waals surface area (Å²) in [5, 5.41) is 3.62. The first-order chi connectivity index (χ1) is 9.29. The zero-order valence-corrected chi connectivity index (χ0v) is 12.6. The quantitative estimate of drug-likeness (QED) is 0.810. The van der Waals surface area contributed by atoms with Crippen LogP contribution in [-0.2, 0) is 4.74 Å². The Morgan fingerprint density at radius 1 is 1.37 bits per heavy atom. The molecule has 19 heavy (non-hydrogen) atoms. The van der Waals surface area contributed by atoms with Crippen LogP contribution in [0.4, 0.5) is 5.69 Å². The molecule has 1 aliphatic rings. The van der Waals surface area contributed by atoms with Gasteiger partial charge in [-0.3, -0.25) is 0 Å². The van der Waals surface area contributed by atoms with E-state index in [1.54, 1.807) is 7.11 Å². The maximum absolute atomic E-state index is 5.81. The monoisotopic (exact) mass is 281 g/mol. The van der Waals surface area contributed by atoms with Crippen molar-refractivity contribution in [2.45, 2.75) is 25.8 Å². The molecular formula is C15H23NO2S. The highest BCUT2D eigenvalue weighted by atomic mass is 32.2. The van der Waals surface area contributed by atoms with Crippen LogP contribution in [0.1, 0.15) is 18.4 Å². The third-order valence-corrected chi connectivity index (χ3v) is 4.42. The van der Waals surface area contributed by atoms with Crippen molar-refractivity contribution < 1.29 is 9.47 Å². The first-order valence-electron chi connectivity index (χ1n) is 6.86. The SMILES string of the molecule is COCCOc1cc(C)ccc1NC1CCCSC1. The molecule has 0 aromatic heterocycles. The molecule has 1 unspecified atom stereocenters. The second-order valence-electron chi connectivity index (χ2n) is 4.90. The Balaban J connectivity index is 2.00. The lowest BCUT2D eigenvalue weighted by molar-refractivity contribution is 0.146. The Kier molecular flexibility index (Phi) is 5.86. The second-order valence-corrected chi connectivity index (χ2v) is 6.05. The van der Waals surface area contributed by atoms with Crippen LogP contribution in [0.25, 0.3) is 0 Å². The highest BCUT2D eigenvalue weighted by Crippen LogP contribution is 2.29. The van der Waals surface area contributed by atoms with Crippen molar-refractivity contribution in [1.29, 1.82) is 0 Å². The molecule has 106 valence electrons. The summed E-state index contributed by atoms with van der Waals surface area (Å²) in [6.07, 6.45) is 2.55. The van der Waals surface area contributed by atoms with Crippen molar-refractivity contribution in [2.75, 3.05) is 37.1 Å². The van der Waals surface area contributed by atoms with Gasteiger partial charge in [0.1, 0.15) is 12.4 Å². The van der Waals surface area contributed by atoms with Crippen LogP contribution in [0.3, 0.4) is 0 Å². The molecule has 0 bridgehead atoms. The van der Waals surface area contributed by atoms with Crippen LogP contribution in [0.5, 0.6) is 5.75 Å². The summed E-state index contributed by atoms with van der Waals surface area (Å²) >= 11 is 2.03. The summed E-state index contributed by atoms with van der Waals surface area (Å²) in [5.41, 5.74) is 2.32. The first-order valence-corrected chi connectivity index (χ1v) is 8.01. The van der Waals surface area contributed by atoms with E-state index in [-0.39, 0.29) is 0 Å². The molecule has 1 aromatic carbocycles. The molecule has 1 N–H and O–H groups in total. The summed E-state index contributed by atoms with van der Waals surface area (Å²) in [7, 11) is 1.69. The van der Waals surface area contributed by atoms with Crippen molar-refractivity contribution in [3.8, 4) is 5.75 Å². The van der Waals surface area contributed by atoms with E-state index in [0.29, 0.717) is 19.3 Å². The molecule has 1 heterocycles. The summed E-state index contributed by atoms with van der Waals surface area (Å²) in [6, 6.07) is 6.90. The number of methoxy groups -OCH3 is 1. The van der Waals surface area contributed by atoms with E-state index in [9.17, 15) is 0 Å². The van der Waals surface area contributed by atoms with Crippen LogP contribution in [-0.4, -0.2) is 37.9 Å². The number of hydrogen-bond acceptors (Lipinski definition) is 4. The Morgan fingerprint density at radius 2 is 2.26 bits per heavy atom. The van der Waals surface area contributed by atoms with Crippen molar-refractivity contribution in [2.24, 2.45) is 0 Å². The van der Waals surface area contributed by atoms with Crippen LogP contribution in [0.2, 0.25) is 0 Å². The maximum atomic E-state index is 5.81. The van der Waals surface area contributed by atoms with Crippen LogP contribution in [0, 0.1) is 6.92 Å². The molecule has 1 aromatic rings. The topological polar surface area (TPSA) is 30.5 Å². The molecule has 1 atom stereocenters. The van der Waals surface area contributed by atoms with Crippen LogP contribution in [0.15, 0.2) is 18.2 Å². The zero-order valence-electron chi connectivity index (χ0n) is 11.8. The van der Waals surface area contributed by atoms with Gasteiger partial charge in [0.05, 0.1) is 12.3 Å². The van der Waals surface area contributed by atoms with Gasteiger partial charge in [-0.05, 0) is 43.2 Å². The van der Waals surface area contributed by atoms with Crippen molar-refractivity contribution in [3.63, 3.8) is 0 Å². The van der Waals surface area contributed by atoms with Crippen molar-refractivity contribution >= 4 is 17.4 Å². The molecule has 0 aliphatic carbocycles. The predicted octanol–water partition coefficient (Wildman–Crippen LogP) is 3.33. The number of thioether (sulfide) groups is 1. The highest BCUT2D eigenvalue weighted by Gasteiger charge is 2.15. The molecule has 1 aliphatic heterocycles. The van der Waals surface area contributed by atoms with Gasteiger partial charge in [-0.1, -0.05) is 6.07 Å². The van der Waals surface area contributed by atoms with Gasteiger partial charge in [0.25, 0.3) is 0 Å². The minimum absolute atomic E-state index is 0.561. The Labute approximate surface area is 120 Å². The van der Waals surface area contributed by atoms with Crippen molar-refractivity contribution in [3.05, 3.63) is 23.8 Å². The highest BCUT2D eigenvalue weighted by molar-refractivity contribution is 7.99. The largest absolute Gasteiger partial charge is 0.489 e. The van der Waals surface area contributed by atoms with E-state index in [2.05, 4.69) is 30.4 Å². The van der Waals surface area contributed by atoms with E-state index in [0.717, 1.165) is 11.4 Å². The van der Waals surface area contributed by atoms with Gasteiger partial charge in [-0.2, -0.15) is 11.8 Å². The minimum Gasteiger partial charge on any atom is -0.489 e. The number of aryl methyl sites for hydroxylation is 1. The summed E-state index contributed by atoms with van der Waals surface area (Å²) in [4.78, 5) is 0. The van der Waals surface area contributed by atoms with Gasteiger partial charge in [0.2, 0.25) is 0 Å². The lowest BCUT2D eigenvalue weighted by Crippen LogP contribution is -2.26. The average molecular weight is 281 g/mol. The van der Waals surface area contributed by atoms with E-state index < -0.39 is 0 Å². The Morgan fingerprint density at radius 3 is 3.00 bits per heavy atom. The lowest BCUT2D eigenvalue weighted by Gasteiger charge is -2.25. The molecule has 0 spiro atoms. The maximum Gasteiger partial charge on any atom is 0.142 e. The third kappa shape index (κ3) is 4.62. The second kappa shape index (κ2) is 7.65. The average Bonchev–Trinajstić information content (AvgIpc) is 2.43. The van der Waals surface area contributed by atoms with Crippen LogP contribution >= 0.6 is 11.8 Å². The van der Waals surface area contributed by atoms with Gasteiger partial charge in [-0.15, -0.1) is 0 Å². The van der Waals surface area contributed by atoms with Gasteiger partial charge >= 0.3 is 0 Å². The zero-order chi connectivity index (χ0) is 13.5. The van der Waals surface area contributed by atoms with E-state index in [4.69, 9.17) is 9.47 Å². The fourth-order valence-electron chi connectivity index (χ4n) is 2.18. The molecule has 2 rings (SSSR count). The Hall–Kier alpha value is -0.870. The number of nitrogens with one attached hydrogen (secondary N) is 1. The molecule has 0 radical (unpaired) electrons. The standard InChI is InChI=1S/C15H23NO2S/c1-12-5-6-14(15(10-12)18-8-7-17-2)16-13-4-3-9-19-11-13/h5-6,10,13,16H,3-4,7-9,11H2,1-2H3. The van der Waals surface area contributed by atoms with E-state index in [1.165, 1.54) is 29.9 Å². The lowest BCUT2D eigenvalue weighted by atomic mass is 10.1. The van der Waals surface area contributed by atoms with Gasteiger partial charge in [0.15, 0.2) is 0 Å². The van der Waals surface area contributed by atoms with Crippen LogP contribution < -0.4 is 10.1 Å². The molecule has 1 fully saturated rings. The summed E-state index contributed by atoms with van der Waals surface area (Å²) in [6.45, 7) is 3.30. The molecule has 0 saturated carbocycles. The van der Waals surface area contributed by atoms with E-state index in [1.807, 2.05) is 11.8 Å². The van der Waals surface area contributed by atoms with Gasteiger partial charge < -0.3 is 14.8 Å². The Bertz CT molecular complexity index is 392. The predicted molar refractivity (Wildman–Crippen MR) is 82.5 cm³/mol. The molecule has 0 amide bonds. The number of benzene rings is 1. The molecular weight excluding hydrogens is 258 g/mol. The fourth-order valence-corrected chi connectivity index (χ4v) is 3.25. The minimum atomic E-state index is 0.561. The smallest absolute Gasteiger partial charge is 0.142 e. The van der Waals surface area contributed by atoms with Gasteiger partial charge in [-0.25, -0.2) is 0 Å². The molecule has 1 saturated heterocycles. The van der Waals surface area contributed by atoms with E-state index >= 15 is 0 Å². The third-order valence-electron chi connectivity index (χ3n) is 3.20.